The second kappa shape index (κ2) is 9.73. The molecule has 0 bridgehead atoms. The number of hydrogen-bond donors (Lipinski definition) is 0. The summed E-state index contributed by atoms with van der Waals surface area (Å²) in [5.74, 6) is -0.782. The van der Waals surface area contributed by atoms with E-state index in [1.54, 1.807) is 35.2 Å². The van der Waals surface area contributed by atoms with Crippen LogP contribution in [0.5, 0.6) is 0 Å². The molecule has 2 aromatic carbocycles. The third-order valence-electron chi connectivity index (χ3n) is 5.89. The van der Waals surface area contributed by atoms with Gasteiger partial charge in [-0.15, -0.1) is 0 Å². The molecule has 1 aliphatic heterocycles. The summed E-state index contributed by atoms with van der Waals surface area (Å²) in [5, 5.41) is 0. The number of esters is 1. The number of nitrogens with zero attached hydrogens (tertiary/aromatic N) is 2. The number of carbonyl (C=O) groups excluding carboxylic acids is 2. The summed E-state index contributed by atoms with van der Waals surface area (Å²) in [6.07, 6.45) is 1.01. The van der Waals surface area contributed by atoms with E-state index < -0.39 is 10.0 Å². The maximum atomic E-state index is 13.6. The quantitative estimate of drug-likeness (QED) is 0.621. The summed E-state index contributed by atoms with van der Waals surface area (Å²) in [4.78, 5) is 26.7. The summed E-state index contributed by atoms with van der Waals surface area (Å²) >= 11 is 0. The van der Waals surface area contributed by atoms with E-state index in [2.05, 4.69) is 0 Å². The lowest BCUT2D eigenvalue weighted by molar-refractivity contribution is -0.148. The number of likely N-dealkylation sites (tertiary alicyclic amines) is 1. The number of amides is 1. The van der Waals surface area contributed by atoms with E-state index in [1.807, 2.05) is 32.9 Å². The van der Waals surface area contributed by atoms with Crippen molar-refractivity contribution in [2.75, 3.05) is 31.0 Å². The molecule has 1 amide bonds. The van der Waals surface area contributed by atoms with Crippen LogP contribution in [-0.2, 0) is 24.3 Å². The largest absolute Gasteiger partial charge is 0.469 e. The van der Waals surface area contributed by atoms with Gasteiger partial charge in [-0.2, -0.15) is 0 Å². The first-order chi connectivity index (χ1) is 15.1. The second-order valence-electron chi connectivity index (χ2n) is 8.29. The van der Waals surface area contributed by atoms with Crippen molar-refractivity contribution in [3.63, 3.8) is 0 Å². The fourth-order valence-corrected chi connectivity index (χ4v) is 5.46. The Kier molecular flexibility index (Phi) is 7.23. The lowest BCUT2D eigenvalue weighted by atomic mass is 9.97. The number of piperidine rings is 1. The van der Waals surface area contributed by atoms with Gasteiger partial charge in [-0.1, -0.05) is 35.4 Å². The molecule has 0 spiro atoms. The standard InChI is InChI=1S/C24H30N2O5S/c1-17-5-8-21(9-6-17)32(29,30)26(22-10-7-18(2)15-19(22)3)16-23(27)25-13-11-20(12-14-25)24(28)31-4/h5-10,15,20H,11-14,16H2,1-4H3. The molecule has 1 saturated heterocycles. The Hall–Kier alpha value is -2.87. The summed E-state index contributed by atoms with van der Waals surface area (Å²) in [6, 6.07) is 12.1. The van der Waals surface area contributed by atoms with Crippen molar-refractivity contribution in [2.45, 2.75) is 38.5 Å². The highest BCUT2D eigenvalue weighted by atomic mass is 32.2. The number of anilines is 1. The van der Waals surface area contributed by atoms with Gasteiger partial charge in [0.05, 0.1) is 23.6 Å². The molecule has 0 saturated carbocycles. The highest BCUT2D eigenvalue weighted by Gasteiger charge is 2.32. The van der Waals surface area contributed by atoms with Crippen LogP contribution in [0.2, 0.25) is 0 Å². The zero-order valence-corrected chi connectivity index (χ0v) is 19.8. The highest BCUT2D eigenvalue weighted by molar-refractivity contribution is 7.92. The first-order valence-corrected chi connectivity index (χ1v) is 12.1. The van der Waals surface area contributed by atoms with Gasteiger partial charge in [0.2, 0.25) is 5.91 Å². The first-order valence-electron chi connectivity index (χ1n) is 10.7. The number of methoxy groups -OCH3 is 1. The SMILES string of the molecule is COC(=O)C1CCN(C(=O)CN(c2ccc(C)cc2C)S(=O)(=O)c2ccc(C)cc2)CC1. The van der Waals surface area contributed by atoms with Crippen LogP contribution < -0.4 is 4.31 Å². The van der Waals surface area contributed by atoms with E-state index in [1.165, 1.54) is 11.4 Å². The molecule has 0 aliphatic carbocycles. The fraction of sp³-hybridized carbons (Fsp3) is 0.417. The van der Waals surface area contributed by atoms with E-state index in [0.29, 0.717) is 31.6 Å². The van der Waals surface area contributed by atoms with Crippen LogP contribution in [-0.4, -0.2) is 51.9 Å². The Bertz CT molecular complexity index is 1090. The Labute approximate surface area is 190 Å². The molecule has 32 heavy (non-hydrogen) atoms. The van der Waals surface area contributed by atoms with Crippen LogP contribution >= 0.6 is 0 Å². The van der Waals surface area contributed by atoms with E-state index in [9.17, 15) is 18.0 Å². The maximum Gasteiger partial charge on any atom is 0.308 e. The van der Waals surface area contributed by atoms with Gasteiger partial charge in [0.1, 0.15) is 6.54 Å². The molecule has 1 aliphatic rings. The van der Waals surface area contributed by atoms with E-state index in [-0.39, 0.29) is 29.2 Å². The number of sulfonamides is 1. The van der Waals surface area contributed by atoms with E-state index in [4.69, 9.17) is 4.74 Å². The number of carbonyl (C=O) groups is 2. The molecule has 1 heterocycles. The van der Waals surface area contributed by atoms with Crippen molar-refractivity contribution in [3.05, 3.63) is 59.2 Å². The minimum absolute atomic E-state index is 0.139. The Morgan fingerprint density at radius 1 is 1.00 bits per heavy atom. The molecule has 1 fully saturated rings. The van der Waals surface area contributed by atoms with Crippen LogP contribution in [0, 0.1) is 26.7 Å². The molecule has 8 heteroatoms. The second-order valence-corrected chi connectivity index (χ2v) is 10.2. The van der Waals surface area contributed by atoms with Gasteiger partial charge in [0.25, 0.3) is 10.0 Å². The van der Waals surface area contributed by atoms with E-state index in [0.717, 1.165) is 16.7 Å². The summed E-state index contributed by atoms with van der Waals surface area (Å²) in [6.45, 7) is 6.15. The van der Waals surface area contributed by atoms with Crippen LogP contribution in [0.4, 0.5) is 5.69 Å². The molecular weight excluding hydrogens is 428 g/mol. The number of aryl methyl sites for hydroxylation is 3. The summed E-state index contributed by atoms with van der Waals surface area (Å²) in [5.41, 5.74) is 3.22. The third kappa shape index (κ3) is 5.12. The van der Waals surface area contributed by atoms with Crippen molar-refractivity contribution in [3.8, 4) is 0 Å². The van der Waals surface area contributed by atoms with Crippen LogP contribution in [0.1, 0.15) is 29.5 Å². The molecule has 0 unspecified atom stereocenters. The topological polar surface area (TPSA) is 84.0 Å². The number of benzene rings is 2. The number of ether oxygens (including phenoxy) is 1. The Morgan fingerprint density at radius 3 is 2.16 bits per heavy atom. The van der Waals surface area contributed by atoms with Crippen LogP contribution in [0.3, 0.4) is 0 Å². The van der Waals surface area contributed by atoms with Crippen LogP contribution in [0.15, 0.2) is 47.4 Å². The van der Waals surface area contributed by atoms with Gasteiger partial charge >= 0.3 is 5.97 Å². The molecule has 172 valence electrons. The van der Waals surface area contributed by atoms with Gasteiger partial charge in [-0.3, -0.25) is 13.9 Å². The Balaban J connectivity index is 1.89. The molecule has 0 N–H and O–H groups in total. The average Bonchev–Trinajstić information content (AvgIpc) is 2.77. The van der Waals surface area contributed by atoms with Crippen LogP contribution in [0.25, 0.3) is 0 Å². The predicted octanol–water partition coefficient (Wildman–Crippen LogP) is 3.22. The van der Waals surface area contributed by atoms with Crippen molar-refractivity contribution in [1.82, 2.24) is 4.90 Å². The highest BCUT2D eigenvalue weighted by Crippen LogP contribution is 2.28. The minimum atomic E-state index is -3.96. The van der Waals surface area contributed by atoms with Gasteiger partial charge in [0.15, 0.2) is 0 Å². The molecule has 7 nitrogen and oxygen atoms in total. The van der Waals surface area contributed by atoms with Gasteiger partial charge < -0.3 is 9.64 Å². The summed E-state index contributed by atoms with van der Waals surface area (Å²) < 4.78 is 33.1. The first kappa shape index (κ1) is 23.8. The Morgan fingerprint density at radius 2 is 1.59 bits per heavy atom. The molecular formula is C24H30N2O5S. The lowest BCUT2D eigenvalue weighted by Crippen LogP contribution is -2.47. The van der Waals surface area contributed by atoms with Gasteiger partial charge in [-0.05, 0) is 57.4 Å². The minimum Gasteiger partial charge on any atom is -0.469 e. The average molecular weight is 459 g/mol. The van der Waals surface area contributed by atoms with Gasteiger partial charge in [0, 0.05) is 13.1 Å². The fourth-order valence-electron chi connectivity index (χ4n) is 3.98. The van der Waals surface area contributed by atoms with Crippen molar-refractivity contribution >= 4 is 27.6 Å². The lowest BCUT2D eigenvalue weighted by Gasteiger charge is -2.33. The smallest absolute Gasteiger partial charge is 0.308 e. The molecule has 3 rings (SSSR count). The van der Waals surface area contributed by atoms with Crippen molar-refractivity contribution in [2.24, 2.45) is 5.92 Å². The normalized spacial score (nSPS) is 14.8. The predicted molar refractivity (Wildman–Crippen MR) is 123 cm³/mol. The number of hydrogen-bond acceptors (Lipinski definition) is 5. The summed E-state index contributed by atoms with van der Waals surface area (Å²) in [7, 11) is -2.60. The van der Waals surface area contributed by atoms with E-state index >= 15 is 0 Å². The maximum absolute atomic E-state index is 13.6. The zero-order chi connectivity index (χ0) is 23.5. The third-order valence-corrected chi connectivity index (χ3v) is 7.66. The van der Waals surface area contributed by atoms with Crippen molar-refractivity contribution in [1.29, 1.82) is 0 Å². The zero-order valence-electron chi connectivity index (χ0n) is 19.0. The molecule has 0 atom stereocenters. The number of rotatable bonds is 6. The molecule has 2 aromatic rings. The monoisotopic (exact) mass is 458 g/mol. The molecule has 0 aromatic heterocycles. The molecule has 0 radical (unpaired) electrons. The van der Waals surface area contributed by atoms with Gasteiger partial charge in [-0.25, -0.2) is 8.42 Å². The van der Waals surface area contributed by atoms with Crippen molar-refractivity contribution < 1.29 is 22.7 Å².